The normalized spacial score (nSPS) is 20.4. The van der Waals surface area contributed by atoms with Gasteiger partial charge in [-0.1, -0.05) is 17.4 Å². The summed E-state index contributed by atoms with van der Waals surface area (Å²) >= 11 is 1.09. The zero-order valence-corrected chi connectivity index (χ0v) is 13.6. The average Bonchev–Trinajstić information content (AvgIpc) is 3.25. The van der Waals surface area contributed by atoms with Gasteiger partial charge in [-0.3, -0.25) is 14.5 Å². The van der Waals surface area contributed by atoms with Gasteiger partial charge in [-0.2, -0.15) is 0 Å². The predicted molar refractivity (Wildman–Crippen MR) is 87.3 cm³/mol. The summed E-state index contributed by atoms with van der Waals surface area (Å²) in [7, 11) is 0. The smallest absolute Gasteiger partial charge is 0.296 e. The molecule has 3 N–H and O–H groups in total. The molecule has 1 unspecified atom stereocenters. The van der Waals surface area contributed by atoms with E-state index < -0.39 is 17.7 Å². The molecule has 2 aromatic rings. The van der Waals surface area contributed by atoms with Gasteiger partial charge in [-0.25, -0.2) is 0 Å². The lowest BCUT2D eigenvalue weighted by Gasteiger charge is -2.24. The molecule has 2 heterocycles. The molecule has 1 saturated carbocycles. The molecule has 2 aliphatic rings. The number of hydrogen-bond donors (Lipinski definition) is 3. The fraction of sp³-hybridized carbons (Fsp3) is 0.250. The molecule has 1 amide bonds. The summed E-state index contributed by atoms with van der Waals surface area (Å²) in [4.78, 5) is 26.5. The summed E-state index contributed by atoms with van der Waals surface area (Å²) in [6.07, 6.45) is 1.44. The Morgan fingerprint density at radius 3 is 2.56 bits per heavy atom. The number of aliphatic hydroxyl groups excluding tert-OH is 1. The number of rotatable bonds is 4. The van der Waals surface area contributed by atoms with Crippen molar-refractivity contribution in [3.05, 3.63) is 40.6 Å². The number of aromatic nitrogens is 2. The van der Waals surface area contributed by atoms with Gasteiger partial charge < -0.3 is 15.3 Å². The number of amides is 1. The van der Waals surface area contributed by atoms with E-state index in [-0.39, 0.29) is 33.9 Å². The minimum absolute atomic E-state index is 0.00668. The van der Waals surface area contributed by atoms with E-state index in [1.54, 1.807) is 0 Å². The van der Waals surface area contributed by atoms with Gasteiger partial charge in [0.15, 0.2) is 23.0 Å². The highest BCUT2D eigenvalue weighted by Crippen LogP contribution is 2.46. The van der Waals surface area contributed by atoms with E-state index in [0.29, 0.717) is 5.56 Å². The fourth-order valence-corrected chi connectivity index (χ4v) is 3.50. The van der Waals surface area contributed by atoms with Crippen molar-refractivity contribution < 1.29 is 24.9 Å². The molecule has 1 atom stereocenters. The van der Waals surface area contributed by atoms with Crippen LogP contribution in [0.25, 0.3) is 0 Å². The number of nitrogens with zero attached hydrogens (tertiary/aromatic N) is 3. The van der Waals surface area contributed by atoms with Gasteiger partial charge in [0.25, 0.3) is 5.91 Å². The summed E-state index contributed by atoms with van der Waals surface area (Å²) in [6, 6.07) is 3.09. The molecule has 1 aromatic heterocycles. The van der Waals surface area contributed by atoms with Crippen LogP contribution in [0.1, 0.15) is 24.4 Å². The molecule has 0 spiro atoms. The molecular formula is C16H13N3O5S. The first-order chi connectivity index (χ1) is 12.0. The summed E-state index contributed by atoms with van der Waals surface area (Å²) in [5, 5.41) is 37.5. The van der Waals surface area contributed by atoms with E-state index in [1.807, 2.05) is 0 Å². The lowest BCUT2D eigenvalue weighted by atomic mass is 9.94. The molecule has 4 rings (SSSR count). The van der Waals surface area contributed by atoms with Crippen molar-refractivity contribution in [3.63, 3.8) is 0 Å². The molecular weight excluding hydrogens is 346 g/mol. The Bertz CT molecular complexity index is 904. The molecule has 1 aliphatic heterocycles. The first kappa shape index (κ1) is 15.6. The highest BCUT2D eigenvalue weighted by molar-refractivity contribution is 7.13. The first-order valence-electron chi connectivity index (χ1n) is 7.58. The third-order valence-electron chi connectivity index (χ3n) is 4.29. The van der Waals surface area contributed by atoms with Crippen LogP contribution in [-0.4, -0.2) is 37.2 Å². The number of phenols is 2. The largest absolute Gasteiger partial charge is 0.504 e. The number of benzene rings is 1. The number of carbonyl (C=O) groups is 2. The third-order valence-corrected chi connectivity index (χ3v) is 4.98. The molecule has 128 valence electrons. The number of Topliss-reactive ketones (excluding diaryl/α,β-unsaturated/α-hetero) is 1. The van der Waals surface area contributed by atoms with E-state index in [1.165, 1.54) is 28.6 Å². The summed E-state index contributed by atoms with van der Waals surface area (Å²) in [6.45, 7) is 0. The SMILES string of the molecule is O=C(C1=C(O)C(=O)N(c2nncs2)C1c1ccc(O)c(O)c1)C1CC1. The number of hydrogen-bond acceptors (Lipinski definition) is 8. The van der Waals surface area contributed by atoms with Crippen molar-refractivity contribution in [1.82, 2.24) is 10.2 Å². The molecule has 1 aliphatic carbocycles. The monoisotopic (exact) mass is 359 g/mol. The first-order valence-corrected chi connectivity index (χ1v) is 8.46. The molecule has 25 heavy (non-hydrogen) atoms. The van der Waals surface area contributed by atoms with Crippen LogP contribution < -0.4 is 4.90 Å². The highest BCUT2D eigenvalue weighted by Gasteiger charge is 2.48. The number of phenolic OH excluding ortho intramolecular Hbond substituents is 2. The molecule has 0 saturated heterocycles. The maximum absolute atomic E-state index is 12.7. The molecule has 1 fully saturated rings. The zero-order valence-electron chi connectivity index (χ0n) is 12.8. The Kier molecular flexibility index (Phi) is 3.46. The highest BCUT2D eigenvalue weighted by atomic mass is 32.1. The van der Waals surface area contributed by atoms with Crippen molar-refractivity contribution in [2.75, 3.05) is 4.90 Å². The van der Waals surface area contributed by atoms with Crippen LogP contribution in [0.5, 0.6) is 11.5 Å². The van der Waals surface area contributed by atoms with Crippen LogP contribution in [0.3, 0.4) is 0 Å². The van der Waals surface area contributed by atoms with Crippen molar-refractivity contribution in [2.45, 2.75) is 18.9 Å². The number of aliphatic hydroxyl groups is 1. The van der Waals surface area contributed by atoms with Crippen molar-refractivity contribution in [3.8, 4) is 11.5 Å². The van der Waals surface area contributed by atoms with Gasteiger partial charge in [0.2, 0.25) is 5.13 Å². The van der Waals surface area contributed by atoms with Crippen molar-refractivity contribution in [2.24, 2.45) is 5.92 Å². The topological polar surface area (TPSA) is 124 Å². The Balaban J connectivity index is 1.87. The van der Waals surface area contributed by atoms with Crippen LogP contribution >= 0.6 is 11.3 Å². The quantitative estimate of drug-likeness (QED) is 0.711. The predicted octanol–water partition coefficient (Wildman–Crippen LogP) is 1.83. The second-order valence-corrected chi connectivity index (χ2v) is 6.76. The second-order valence-electron chi connectivity index (χ2n) is 5.95. The molecule has 0 radical (unpaired) electrons. The van der Waals surface area contributed by atoms with Gasteiger partial charge in [0, 0.05) is 5.92 Å². The molecule has 1 aromatic carbocycles. The summed E-state index contributed by atoms with van der Waals surface area (Å²) in [5.74, 6) is -2.53. The summed E-state index contributed by atoms with van der Waals surface area (Å²) < 4.78 is 0. The Hall–Kier alpha value is -2.94. The number of anilines is 1. The van der Waals surface area contributed by atoms with Gasteiger partial charge in [-0.15, -0.1) is 10.2 Å². The van der Waals surface area contributed by atoms with Crippen molar-refractivity contribution >= 4 is 28.2 Å². The lowest BCUT2D eigenvalue weighted by Crippen LogP contribution is -2.31. The maximum atomic E-state index is 12.7. The standard InChI is InChI=1S/C16H13N3O5S/c20-9-4-3-8(5-10(9)21)12-11(13(22)7-1-2-7)14(23)15(24)19(12)16-18-17-6-25-16/h3-7,12,20-21,23H,1-2H2. The Labute approximate surface area is 145 Å². The van der Waals surface area contributed by atoms with Crippen LogP contribution in [-0.2, 0) is 9.59 Å². The van der Waals surface area contributed by atoms with Gasteiger partial charge in [-0.05, 0) is 30.5 Å². The maximum Gasteiger partial charge on any atom is 0.296 e. The van der Waals surface area contributed by atoms with E-state index in [2.05, 4.69) is 10.2 Å². The van der Waals surface area contributed by atoms with Gasteiger partial charge in [0.05, 0.1) is 11.6 Å². The molecule has 8 nitrogen and oxygen atoms in total. The number of ketones is 1. The molecule has 0 bridgehead atoms. The minimum Gasteiger partial charge on any atom is -0.504 e. The Morgan fingerprint density at radius 2 is 1.96 bits per heavy atom. The summed E-state index contributed by atoms with van der Waals surface area (Å²) in [5.41, 5.74) is 1.81. The van der Waals surface area contributed by atoms with Crippen LogP contribution in [0.2, 0.25) is 0 Å². The minimum atomic E-state index is -0.931. The van der Waals surface area contributed by atoms with E-state index >= 15 is 0 Å². The second kappa shape index (κ2) is 5.55. The van der Waals surface area contributed by atoms with Crippen LogP contribution in [0.15, 0.2) is 35.0 Å². The zero-order chi connectivity index (χ0) is 17.7. The van der Waals surface area contributed by atoms with E-state index in [0.717, 1.165) is 24.2 Å². The third kappa shape index (κ3) is 2.43. The number of aromatic hydroxyl groups is 2. The van der Waals surface area contributed by atoms with Gasteiger partial charge in [0.1, 0.15) is 5.51 Å². The Morgan fingerprint density at radius 1 is 1.20 bits per heavy atom. The van der Waals surface area contributed by atoms with Crippen LogP contribution in [0.4, 0.5) is 5.13 Å². The van der Waals surface area contributed by atoms with Crippen molar-refractivity contribution in [1.29, 1.82) is 0 Å². The number of carbonyl (C=O) groups excluding carboxylic acids is 2. The van der Waals surface area contributed by atoms with E-state index in [4.69, 9.17) is 0 Å². The lowest BCUT2D eigenvalue weighted by molar-refractivity contribution is -0.118. The average molecular weight is 359 g/mol. The fourth-order valence-electron chi connectivity index (χ4n) is 2.92. The molecule has 9 heteroatoms. The van der Waals surface area contributed by atoms with E-state index in [9.17, 15) is 24.9 Å². The van der Waals surface area contributed by atoms with Gasteiger partial charge >= 0.3 is 0 Å². The van der Waals surface area contributed by atoms with Crippen LogP contribution in [0, 0.1) is 5.92 Å².